The van der Waals surface area contributed by atoms with E-state index in [-0.39, 0.29) is 17.2 Å². The Morgan fingerprint density at radius 2 is 1.89 bits per heavy atom. The molecule has 0 unspecified atom stereocenters. The average Bonchev–Trinajstić information content (AvgIpc) is 2.72. The predicted octanol–water partition coefficient (Wildman–Crippen LogP) is 2.25. The predicted molar refractivity (Wildman–Crippen MR) is 110 cm³/mol. The molecule has 3 aromatic rings. The van der Waals surface area contributed by atoms with Crippen molar-refractivity contribution in [3.05, 3.63) is 58.9 Å². The summed E-state index contributed by atoms with van der Waals surface area (Å²) in [5, 5.41) is 3.69. The van der Waals surface area contributed by atoms with Crippen LogP contribution in [-0.2, 0) is 9.53 Å². The number of para-hydroxylation sites is 3. The normalized spacial score (nSPS) is 10.8. The van der Waals surface area contributed by atoms with Gasteiger partial charge < -0.3 is 14.8 Å². The molecule has 8 heteroatoms. The van der Waals surface area contributed by atoms with E-state index in [1.165, 1.54) is 16.3 Å². The number of fused-ring (bicyclic) bond motifs is 1. The third-order valence-electron chi connectivity index (χ3n) is 4.03. The zero-order valence-electron chi connectivity index (χ0n) is 15.7. The van der Waals surface area contributed by atoms with Gasteiger partial charge in [-0.15, -0.1) is 0 Å². The van der Waals surface area contributed by atoms with Crippen LogP contribution in [0.2, 0.25) is 0 Å². The molecule has 0 saturated carbocycles. The van der Waals surface area contributed by atoms with Gasteiger partial charge in [0.2, 0.25) is 5.91 Å². The Balaban J connectivity index is 2.03. The van der Waals surface area contributed by atoms with Crippen LogP contribution in [0.5, 0.6) is 5.75 Å². The largest absolute Gasteiger partial charge is 0.495 e. The molecule has 0 fully saturated rings. The molecular weight excluding hydrogens is 378 g/mol. The molecule has 0 atom stereocenters. The van der Waals surface area contributed by atoms with Gasteiger partial charge in [-0.1, -0.05) is 36.0 Å². The molecule has 7 nitrogen and oxygen atoms in total. The van der Waals surface area contributed by atoms with Crippen molar-refractivity contribution in [3.8, 4) is 11.4 Å². The number of hydrogen-bond donors (Lipinski definition) is 1. The highest BCUT2D eigenvalue weighted by molar-refractivity contribution is 7.99. The Bertz CT molecular complexity index is 1040. The van der Waals surface area contributed by atoms with E-state index in [4.69, 9.17) is 9.47 Å². The first-order valence-electron chi connectivity index (χ1n) is 8.69. The third-order valence-corrected chi connectivity index (χ3v) is 4.97. The van der Waals surface area contributed by atoms with E-state index in [0.29, 0.717) is 40.6 Å². The van der Waals surface area contributed by atoms with E-state index < -0.39 is 0 Å². The van der Waals surface area contributed by atoms with Gasteiger partial charge >= 0.3 is 0 Å². The minimum atomic E-state index is -0.211. The Morgan fingerprint density at radius 1 is 1.14 bits per heavy atom. The zero-order chi connectivity index (χ0) is 19.9. The molecule has 0 saturated heterocycles. The fraction of sp³-hybridized carbons (Fsp3) is 0.250. The maximum atomic E-state index is 13.2. The van der Waals surface area contributed by atoms with Gasteiger partial charge in [0.05, 0.1) is 36.1 Å². The van der Waals surface area contributed by atoms with Gasteiger partial charge in [0.1, 0.15) is 5.75 Å². The molecule has 0 radical (unpaired) electrons. The second-order valence-electron chi connectivity index (χ2n) is 5.86. The highest BCUT2D eigenvalue weighted by Gasteiger charge is 2.17. The van der Waals surface area contributed by atoms with E-state index >= 15 is 0 Å². The van der Waals surface area contributed by atoms with E-state index in [1.54, 1.807) is 44.6 Å². The molecule has 0 aliphatic rings. The number of ether oxygens (including phenoxy) is 2. The van der Waals surface area contributed by atoms with Gasteiger partial charge in [0.25, 0.3) is 5.56 Å². The average molecular weight is 399 g/mol. The molecule has 0 aliphatic heterocycles. The number of thioether (sulfide) groups is 1. The lowest BCUT2D eigenvalue weighted by Gasteiger charge is -2.15. The summed E-state index contributed by atoms with van der Waals surface area (Å²) in [5.41, 5.74) is 0.953. The number of rotatable bonds is 8. The second kappa shape index (κ2) is 9.38. The maximum Gasteiger partial charge on any atom is 0.266 e. The number of nitrogens with zero attached hydrogens (tertiary/aromatic N) is 2. The van der Waals surface area contributed by atoms with E-state index in [1.807, 2.05) is 18.2 Å². The number of carbonyl (C=O) groups is 1. The first-order chi connectivity index (χ1) is 13.7. The Hall–Kier alpha value is -2.84. The van der Waals surface area contributed by atoms with E-state index in [0.717, 1.165) is 0 Å². The number of aromatic nitrogens is 2. The standard InChI is InChI=1S/C20H21N3O4S/c1-26-12-11-21-18(24)13-28-20-22-15-8-4-3-7-14(15)19(25)23(20)16-9-5-6-10-17(16)27-2/h3-10H,11-13H2,1-2H3,(H,21,24). The quantitative estimate of drug-likeness (QED) is 0.355. The van der Waals surface area contributed by atoms with Gasteiger partial charge in [0.15, 0.2) is 5.16 Å². The lowest BCUT2D eigenvalue weighted by molar-refractivity contribution is -0.118. The molecular formula is C20H21N3O4S. The van der Waals surface area contributed by atoms with Crippen LogP contribution >= 0.6 is 11.8 Å². The molecule has 1 aromatic heterocycles. The molecule has 0 aliphatic carbocycles. The van der Waals surface area contributed by atoms with Gasteiger partial charge in [0, 0.05) is 13.7 Å². The van der Waals surface area contributed by atoms with Crippen LogP contribution in [0.25, 0.3) is 16.6 Å². The molecule has 1 heterocycles. The van der Waals surface area contributed by atoms with Crippen LogP contribution in [0, 0.1) is 0 Å². The van der Waals surface area contributed by atoms with Gasteiger partial charge in [-0.25, -0.2) is 4.98 Å². The fourth-order valence-electron chi connectivity index (χ4n) is 2.71. The summed E-state index contributed by atoms with van der Waals surface area (Å²) in [5.74, 6) is 0.521. The Labute approximate surface area is 166 Å². The Morgan fingerprint density at radius 3 is 2.68 bits per heavy atom. The van der Waals surface area contributed by atoms with Crippen LogP contribution in [0.4, 0.5) is 0 Å². The lowest BCUT2D eigenvalue weighted by atomic mass is 10.2. The second-order valence-corrected chi connectivity index (χ2v) is 6.80. The topological polar surface area (TPSA) is 82.5 Å². The maximum absolute atomic E-state index is 13.2. The van der Waals surface area contributed by atoms with Crippen molar-refractivity contribution in [1.29, 1.82) is 0 Å². The van der Waals surface area contributed by atoms with Crippen LogP contribution in [0.1, 0.15) is 0 Å². The highest BCUT2D eigenvalue weighted by atomic mass is 32.2. The number of amides is 1. The molecule has 28 heavy (non-hydrogen) atoms. The van der Waals surface area contributed by atoms with Crippen molar-refractivity contribution >= 4 is 28.6 Å². The summed E-state index contributed by atoms with van der Waals surface area (Å²) in [6, 6.07) is 14.4. The smallest absolute Gasteiger partial charge is 0.266 e. The van der Waals surface area contributed by atoms with Crippen LogP contribution < -0.4 is 15.6 Å². The van der Waals surface area contributed by atoms with Crippen molar-refractivity contribution < 1.29 is 14.3 Å². The summed E-state index contributed by atoms with van der Waals surface area (Å²) in [6.07, 6.45) is 0. The molecule has 1 amide bonds. The van der Waals surface area contributed by atoms with Crippen molar-refractivity contribution in [1.82, 2.24) is 14.9 Å². The molecule has 1 N–H and O–H groups in total. The first-order valence-corrected chi connectivity index (χ1v) is 9.68. The third kappa shape index (κ3) is 4.35. The number of benzene rings is 2. The number of hydrogen-bond acceptors (Lipinski definition) is 6. The van der Waals surface area contributed by atoms with Crippen molar-refractivity contribution in [3.63, 3.8) is 0 Å². The zero-order valence-corrected chi connectivity index (χ0v) is 16.5. The number of nitrogens with one attached hydrogen (secondary N) is 1. The summed E-state index contributed by atoms with van der Waals surface area (Å²) < 4.78 is 11.8. The Kier molecular flexibility index (Phi) is 6.67. The highest BCUT2D eigenvalue weighted by Crippen LogP contribution is 2.26. The molecule has 2 aromatic carbocycles. The van der Waals surface area contributed by atoms with E-state index in [9.17, 15) is 9.59 Å². The molecule has 0 spiro atoms. The van der Waals surface area contributed by atoms with Gasteiger partial charge in [-0.05, 0) is 24.3 Å². The van der Waals surface area contributed by atoms with Crippen LogP contribution in [-0.4, -0.2) is 48.6 Å². The fourth-order valence-corrected chi connectivity index (χ4v) is 3.55. The summed E-state index contributed by atoms with van der Waals surface area (Å²) in [7, 11) is 3.13. The van der Waals surface area contributed by atoms with Crippen LogP contribution in [0.3, 0.4) is 0 Å². The minimum absolute atomic E-state index is 0.129. The summed E-state index contributed by atoms with van der Waals surface area (Å²) >= 11 is 1.20. The molecule has 146 valence electrons. The molecule has 3 rings (SSSR count). The lowest BCUT2D eigenvalue weighted by Crippen LogP contribution is -2.29. The van der Waals surface area contributed by atoms with Gasteiger partial charge in [-0.2, -0.15) is 0 Å². The number of carbonyl (C=O) groups excluding carboxylic acids is 1. The van der Waals surface area contributed by atoms with Crippen molar-refractivity contribution in [2.45, 2.75) is 5.16 Å². The van der Waals surface area contributed by atoms with Crippen molar-refractivity contribution in [2.75, 3.05) is 33.1 Å². The summed E-state index contributed by atoms with van der Waals surface area (Å²) in [6.45, 7) is 0.872. The minimum Gasteiger partial charge on any atom is -0.495 e. The first kappa shape index (κ1) is 19.9. The SMILES string of the molecule is COCCNC(=O)CSc1nc2ccccc2c(=O)n1-c1ccccc1OC. The van der Waals surface area contributed by atoms with Gasteiger partial charge in [-0.3, -0.25) is 14.2 Å². The van der Waals surface area contributed by atoms with Crippen LogP contribution in [0.15, 0.2) is 58.5 Å². The van der Waals surface area contributed by atoms with Crippen molar-refractivity contribution in [2.24, 2.45) is 0 Å². The van der Waals surface area contributed by atoms with E-state index in [2.05, 4.69) is 10.3 Å². The molecule has 0 bridgehead atoms. The summed E-state index contributed by atoms with van der Waals surface area (Å²) in [4.78, 5) is 29.9. The number of methoxy groups -OCH3 is 2. The monoisotopic (exact) mass is 399 g/mol.